The SMILES string of the molecule is Nc1nc(NCCOCC2CC2)nc(N2CCCCC2)n1. The van der Waals surface area contributed by atoms with Crippen LogP contribution in [0.3, 0.4) is 0 Å². The summed E-state index contributed by atoms with van der Waals surface area (Å²) in [7, 11) is 0. The quantitative estimate of drug-likeness (QED) is 0.732. The first kappa shape index (κ1) is 14.3. The van der Waals surface area contributed by atoms with Crippen LogP contribution in [-0.2, 0) is 4.74 Å². The minimum atomic E-state index is 0.270. The van der Waals surface area contributed by atoms with Crippen molar-refractivity contribution in [2.75, 3.05) is 48.8 Å². The van der Waals surface area contributed by atoms with Gasteiger partial charge >= 0.3 is 0 Å². The third-order valence-corrected chi connectivity index (χ3v) is 3.86. The van der Waals surface area contributed by atoms with Crippen molar-refractivity contribution in [2.45, 2.75) is 32.1 Å². The van der Waals surface area contributed by atoms with Gasteiger partial charge in [-0.15, -0.1) is 0 Å². The van der Waals surface area contributed by atoms with Crippen molar-refractivity contribution in [3.8, 4) is 0 Å². The van der Waals surface area contributed by atoms with Crippen molar-refractivity contribution in [1.82, 2.24) is 15.0 Å². The highest BCUT2D eigenvalue weighted by Gasteiger charge is 2.21. The number of nitrogens with zero attached hydrogens (tertiary/aromatic N) is 4. The molecule has 0 spiro atoms. The Balaban J connectivity index is 1.50. The number of anilines is 3. The second-order valence-electron chi connectivity index (χ2n) is 5.81. The number of hydrogen-bond donors (Lipinski definition) is 2. The van der Waals surface area contributed by atoms with Crippen LogP contribution in [0.1, 0.15) is 32.1 Å². The first-order chi connectivity index (χ1) is 10.3. The van der Waals surface area contributed by atoms with Gasteiger partial charge in [-0.05, 0) is 38.0 Å². The topological polar surface area (TPSA) is 89.2 Å². The molecule has 0 atom stereocenters. The maximum atomic E-state index is 5.78. The third kappa shape index (κ3) is 4.42. The predicted molar refractivity (Wildman–Crippen MR) is 82.3 cm³/mol. The van der Waals surface area contributed by atoms with E-state index in [0.29, 0.717) is 25.0 Å². The number of nitrogens with one attached hydrogen (secondary N) is 1. The molecule has 3 N–H and O–H groups in total. The number of hydrogen-bond acceptors (Lipinski definition) is 7. The Morgan fingerprint density at radius 2 is 1.95 bits per heavy atom. The van der Waals surface area contributed by atoms with E-state index in [1.807, 2.05) is 0 Å². The fourth-order valence-corrected chi connectivity index (χ4v) is 2.46. The Labute approximate surface area is 125 Å². The van der Waals surface area contributed by atoms with Gasteiger partial charge in [0.05, 0.1) is 6.61 Å². The van der Waals surface area contributed by atoms with Crippen molar-refractivity contribution in [3.63, 3.8) is 0 Å². The van der Waals surface area contributed by atoms with Crippen LogP contribution in [0.2, 0.25) is 0 Å². The van der Waals surface area contributed by atoms with Gasteiger partial charge in [-0.25, -0.2) is 0 Å². The molecule has 1 saturated heterocycles. The molecule has 2 heterocycles. The maximum Gasteiger partial charge on any atom is 0.231 e. The molecule has 7 heteroatoms. The zero-order chi connectivity index (χ0) is 14.5. The van der Waals surface area contributed by atoms with Crippen LogP contribution in [0.4, 0.5) is 17.8 Å². The molecule has 2 aliphatic rings. The monoisotopic (exact) mass is 292 g/mol. The van der Waals surface area contributed by atoms with Crippen LogP contribution in [0.5, 0.6) is 0 Å². The molecule has 21 heavy (non-hydrogen) atoms. The van der Waals surface area contributed by atoms with E-state index in [1.54, 1.807) is 0 Å². The predicted octanol–water partition coefficient (Wildman–Crippen LogP) is 1.28. The van der Waals surface area contributed by atoms with E-state index in [9.17, 15) is 0 Å². The maximum absolute atomic E-state index is 5.78. The molecule has 0 aromatic carbocycles. The van der Waals surface area contributed by atoms with E-state index < -0.39 is 0 Å². The van der Waals surface area contributed by atoms with E-state index in [4.69, 9.17) is 10.5 Å². The minimum Gasteiger partial charge on any atom is -0.379 e. The normalized spacial score (nSPS) is 18.8. The standard InChI is InChI=1S/C14H24N6O/c15-12-17-13(16-6-9-21-10-11-4-5-11)19-14(18-12)20-7-2-1-3-8-20/h11H,1-10H2,(H3,15,16,17,18,19). The van der Waals surface area contributed by atoms with E-state index in [1.165, 1.54) is 32.1 Å². The number of nitrogens with two attached hydrogens (primary N) is 1. The Morgan fingerprint density at radius 3 is 2.71 bits per heavy atom. The highest BCUT2D eigenvalue weighted by molar-refractivity contribution is 5.42. The lowest BCUT2D eigenvalue weighted by Crippen LogP contribution is -2.31. The molecule has 2 fully saturated rings. The molecule has 0 radical (unpaired) electrons. The molecular weight excluding hydrogens is 268 g/mol. The van der Waals surface area contributed by atoms with E-state index in [-0.39, 0.29) is 5.95 Å². The summed E-state index contributed by atoms with van der Waals surface area (Å²) in [4.78, 5) is 15.0. The fraction of sp³-hybridized carbons (Fsp3) is 0.786. The van der Waals surface area contributed by atoms with Gasteiger partial charge in [-0.1, -0.05) is 0 Å². The summed E-state index contributed by atoms with van der Waals surface area (Å²) in [5.41, 5.74) is 5.78. The van der Waals surface area contributed by atoms with Crippen molar-refractivity contribution >= 4 is 17.8 Å². The summed E-state index contributed by atoms with van der Waals surface area (Å²) >= 11 is 0. The lowest BCUT2D eigenvalue weighted by atomic mass is 10.1. The molecule has 1 saturated carbocycles. The summed E-state index contributed by atoms with van der Waals surface area (Å²) in [5.74, 6) is 2.29. The van der Waals surface area contributed by atoms with E-state index >= 15 is 0 Å². The smallest absolute Gasteiger partial charge is 0.231 e. The number of ether oxygens (including phenoxy) is 1. The molecule has 1 aromatic rings. The highest BCUT2D eigenvalue weighted by atomic mass is 16.5. The molecule has 1 aliphatic carbocycles. The van der Waals surface area contributed by atoms with E-state index in [2.05, 4.69) is 25.2 Å². The van der Waals surface area contributed by atoms with Crippen molar-refractivity contribution in [2.24, 2.45) is 5.92 Å². The van der Waals surface area contributed by atoms with Crippen LogP contribution < -0.4 is 16.0 Å². The largest absolute Gasteiger partial charge is 0.379 e. The van der Waals surface area contributed by atoms with Crippen molar-refractivity contribution < 1.29 is 4.74 Å². The van der Waals surface area contributed by atoms with Gasteiger partial charge in [0.25, 0.3) is 0 Å². The molecule has 1 aromatic heterocycles. The zero-order valence-corrected chi connectivity index (χ0v) is 12.4. The Bertz CT molecular complexity index is 459. The highest BCUT2D eigenvalue weighted by Crippen LogP contribution is 2.28. The lowest BCUT2D eigenvalue weighted by molar-refractivity contribution is 0.133. The summed E-state index contributed by atoms with van der Waals surface area (Å²) in [6.07, 6.45) is 6.28. The van der Waals surface area contributed by atoms with Gasteiger partial charge in [-0.2, -0.15) is 15.0 Å². The zero-order valence-electron chi connectivity index (χ0n) is 12.4. The minimum absolute atomic E-state index is 0.270. The summed E-state index contributed by atoms with van der Waals surface area (Å²) < 4.78 is 5.58. The van der Waals surface area contributed by atoms with Crippen molar-refractivity contribution in [1.29, 1.82) is 0 Å². The molecular formula is C14H24N6O. The Morgan fingerprint density at radius 1 is 1.14 bits per heavy atom. The number of piperidine rings is 1. The summed E-state index contributed by atoms with van der Waals surface area (Å²) in [6, 6.07) is 0. The molecule has 0 unspecified atom stereocenters. The van der Waals surface area contributed by atoms with Crippen LogP contribution in [0.25, 0.3) is 0 Å². The molecule has 116 valence electrons. The van der Waals surface area contributed by atoms with Crippen LogP contribution in [0.15, 0.2) is 0 Å². The molecule has 7 nitrogen and oxygen atoms in total. The van der Waals surface area contributed by atoms with Crippen LogP contribution >= 0.6 is 0 Å². The first-order valence-electron chi connectivity index (χ1n) is 7.89. The first-order valence-corrected chi connectivity index (χ1v) is 7.89. The van der Waals surface area contributed by atoms with Gasteiger partial charge in [0, 0.05) is 26.2 Å². The van der Waals surface area contributed by atoms with Crippen LogP contribution in [0, 0.1) is 5.92 Å². The average molecular weight is 292 g/mol. The third-order valence-electron chi connectivity index (χ3n) is 3.86. The summed E-state index contributed by atoms with van der Waals surface area (Å²) in [6.45, 7) is 4.22. The van der Waals surface area contributed by atoms with Gasteiger partial charge in [0.1, 0.15) is 0 Å². The molecule has 3 rings (SSSR count). The lowest BCUT2D eigenvalue weighted by Gasteiger charge is -2.26. The average Bonchev–Trinajstić information content (AvgIpc) is 3.31. The van der Waals surface area contributed by atoms with Gasteiger partial charge in [0.15, 0.2) is 0 Å². The molecule has 0 amide bonds. The molecule has 1 aliphatic heterocycles. The summed E-state index contributed by atoms with van der Waals surface area (Å²) in [5, 5.41) is 3.17. The van der Waals surface area contributed by atoms with Gasteiger partial charge in [-0.3, -0.25) is 0 Å². The van der Waals surface area contributed by atoms with Crippen molar-refractivity contribution in [3.05, 3.63) is 0 Å². The fourth-order valence-electron chi connectivity index (χ4n) is 2.46. The number of rotatable bonds is 7. The second kappa shape index (κ2) is 6.89. The second-order valence-corrected chi connectivity index (χ2v) is 5.81. The molecule has 0 bridgehead atoms. The number of nitrogen functional groups attached to an aromatic ring is 1. The van der Waals surface area contributed by atoms with E-state index in [0.717, 1.165) is 25.6 Å². The van der Waals surface area contributed by atoms with Gasteiger partial charge < -0.3 is 20.7 Å². The Hall–Kier alpha value is -1.63. The van der Waals surface area contributed by atoms with Gasteiger partial charge in [0.2, 0.25) is 17.8 Å². The van der Waals surface area contributed by atoms with Crippen LogP contribution in [-0.4, -0.2) is 47.8 Å². The number of aromatic nitrogens is 3. The Kier molecular flexibility index (Phi) is 4.69.